The number of benzene rings is 3. The largest absolute Gasteiger partial charge is 0.493 e. The quantitative estimate of drug-likeness (QED) is 0.277. The molecule has 0 unspecified atom stereocenters. The van der Waals surface area contributed by atoms with Crippen molar-refractivity contribution in [2.75, 3.05) is 14.2 Å². The van der Waals surface area contributed by atoms with Gasteiger partial charge in [-0.1, -0.05) is 29.8 Å². The number of rotatable bonds is 6. The molecule has 0 radical (unpaired) electrons. The van der Waals surface area contributed by atoms with Crippen molar-refractivity contribution in [2.45, 2.75) is 6.61 Å². The number of hydrogen-bond donors (Lipinski definition) is 0. The molecule has 2 heterocycles. The minimum Gasteiger partial charge on any atom is -0.493 e. The summed E-state index contributed by atoms with van der Waals surface area (Å²) in [7, 11) is 2.93. The van der Waals surface area contributed by atoms with Crippen LogP contribution in [0.3, 0.4) is 0 Å². The fraction of sp³-hybridized carbons (Fsp3) is 0.111. The van der Waals surface area contributed by atoms with Crippen molar-refractivity contribution < 1.29 is 23.0 Å². The first-order valence-electron chi connectivity index (χ1n) is 10.6. The number of halogens is 1. The Balaban J connectivity index is 1.57. The van der Waals surface area contributed by atoms with Crippen molar-refractivity contribution in [2.24, 2.45) is 0 Å². The standard InChI is InChI=1S/C27H19ClO7/c1-31-22-10-9-18-19(13-24(29)35-25(18)26(22)32-2)20-11-15-7-8-17(12-23(15)34-27(20)30)33-14-16-5-3-4-6-21(16)28/h3-13H,14H2,1-2H3. The van der Waals surface area contributed by atoms with E-state index in [2.05, 4.69) is 0 Å². The summed E-state index contributed by atoms with van der Waals surface area (Å²) in [5.41, 5.74) is 0.704. The van der Waals surface area contributed by atoms with Crippen molar-refractivity contribution in [1.29, 1.82) is 0 Å². The van der Waals surface area contributed by atoms with Gasteiger partial charge in [0, 0.05) is 39.1 Å². The molecule has 0 amide bonds. The third-order valence-electron chi connectivity index (χ3n) is 5.60. The first-order chi connectivity index (χ1) is 17.0. The molecule has 8 heteroatoms. The first-order valence-corrected chi connectivity index (χ1v) is 11.0. The minimum absolute atomic E-state index is 0.178. The Hall–Kier alpha value is -4.23. The smallest absolute Gasteiger partial charge is 0.344 e. The summed E-state index contributed by atoms with van der Waals surface area (Å²) >= 11 is 6.19. The third-order valence-corrected chi connectivity index (χ3v) is 5.97. The molecule has 0 fully saturated rings. The van der Waals surface area contributed by atoms with E-state index in [0.717, 1.165) is 5.56 Å². The molecule has 0 saturated carbocycles. The summed E-state index contributed by atoms with van der Waals surface area (Å²) in [6, 6.07) is 18.9. The highest BCUT2D eigenvalue weighted by Crippen LogP contribution is 2.38. The van der Waals surface area contributed by atoms with Crippen molar-refractivity contribution in [3.05, 3.63) is 98.2 Å². The van der Waals surface area contributed by atoms with Crippen LogP contribution in [-0.4, -0.2) is 14.2 Å². The lowest BCUT2D eigenvalue weighted by molar-refractivity contribution is 0.306. The molecule has 35 heavy (non-hydrogen) atoms. The molecule has 7 nitrogen and oxygen atoms in total. The van der Waals surface area contributed by atoms with Gasteiger partial charge in [-0.05, 0) is 36.4 Å². The molecule has 0 N–H and O–H groups in total. The number of fused-ring (bicyclic) bond motifs is 2. The van der Waals surface area contributed by atoms with E-state index in [1.807, 2.05) is 18.2 Å². The minimum atomic E-state index is -0.637. The van der Waals surface area contributed by atoms with Crippen LogP contribution in [0, 0.1) is 0 Å². The molecule has 3 aromatic carbocycles. The zero-order valence-electron chi connectivity index (χ0n) is 18.8. The summed E-state index contributed by atoms with van der Waals surface area (Å²) < 4.78 is 27.5. The van der Waals surface area contributed by atoms with Gasteiger partial charge in [0.2, 0.25) is 5.75 Å². The zero-order valence-corrected chi connectivity index (χ0v) is 19.5. The summed E-state index contributed by atoms with van der Waals surface area (Å²) in [4.78, 5) is 25.3. The Kier molecular flexibility index (Phi) is 5.93. The average molecular weight is 491 g/mol. The molecule has 2 aromatic heterocycles. The van der Waals surface area contributed by atoms with Gasteiger partial charge in [-0.25, -0.2) is 9.59 Å². The van der Waals surface area contributed by atoms with E-state index in [4.69, 9.17) is 34.6 Å². The summed E-state index contributed by atoms with van der Waals surface area (Å²) in [5.74, 6) is 1.18. The number of hydrogen-bond acceptors (Lipinski definition) is 7. The van der Waals surface area contributed by atoms with Gasteiger partial charge in [-0.15, -0.1) is 0 Å². The Labute approximate surface area is 204 Å². The van der Waals surface area contributed by atoms with Crippen molar-refractivity contribution in [3.63, 3.8) is 0 Å². The maximum atomic E-state index is 13.0. The Bertz CT molecular complexity index is 1680. The fourth-order valence-corrected chi connectivity index (χ4v) is 4.10. The summed E-state index contributed by atoms with van der Waals surface area (Å²) in [6.07, 6.45) is 0. The molecule has 0 spiro atoms. The lowest BCUT2D eigenvalue weighted by atomic mass is 10.0. The number of ether oxygens (including phenoxy) is 3. The Morgan fingerprint density at radius 1 is 0.857 bits per heavy atom. The van der Waals surface area contributed by atoms with Gasteiger partial charge in [-0.2, -0.15) is 0 Å². The second kappa shape index (κ2) is 9.19. The van der Waals surface area contributed by atoms with Gasteiger partial charge < -0.3 is 23.0 Å². The number of methoxy groups -OCH3 is 2. The highest BCUT2D eigenvalue weighted by atomic mass is 35.5. The molecule has 0 aliphatic heterocycles. The predicted molar refractivity (Wildman–Crippen MR) is 133 cm³/mol. The molecule has 0 bridgehead atoms. The molecule has 0 aliphatic carbocycles. The monoisotopic (exact) mass is 490 g/mol. The van der Waals surface area contributed by atoms with Crippen LogP contribution >= 0.6 is 11.6 Å². The van der Waals surface area contributed by atoms with E-state index < -0.39 is 11.3 Å². The zero-order chi connectivity index (χ0) is 24.5. The van der Waals surface area contributed by atoms with Crippen LogP contribution < -0.4 is 25.5 Å². The third kappa shape index (κ3) is 4.22. The fourth-order valence-electron chi connectivity index (χ4n) is 3.91. The lowest BCUT2D eigenvalue weighted by Crippen LogP contribution is -2.07. The van der Waals surface area contributed by atoms with Crippen LogP contribution in [0.2, 0.25) is 5.02 Å². The molecule has 0 aliphatic rings. The van der Waals surface area contributed by atoms with Crippen LogP contribution in [-0.2, 0) is 6.61 Å². The van der Waals surface area contributed by atoms with Gasteiger partial charge >= 0.3 is 11.3 Å². The van der Waals surface area contributed by atoms with Crippen LogP contribution in [0.15, 0.2) is 85.2 Å². The maximum Gasteiger partial charge on any atom is 0.344 e. The lowest BCUT2D eigenvalue weighted by Gasteiger charge is -2.12. The van der Waals surface area contributed by atoms with Gasteiger partial charge in [0.05, 0.1) is 19.8 Å². The highest BCUT2D eigenvalue weighted by Gasteiger charge is 2.19. The van der Waals surface area contributed by atoms with Crippen LogP contribution in [0.25, 0.3) is 33.1 Å². The average Bonchev–Trinajstić information content (AvgIpc) is 2.86. The first kappa shape index (κ1) is 22.6. The van der Waals surface area contributed by atoms with Crippen molar-refractivity contribution in [3.8, 4) is 28.4 Å². The molecular formula is C27H19ClO7. The molecular weight excluding hydrogens is 472 g/mol. The highest BCUT2D eigenvalue weighted by molar-refractivity contribution is 6.31. The predicted octanol–water partition coefficient (Wildman–Crippen LogP) is 5.82. The van der Waals surface area contributed by atoms with Crippen molar-refractivity contribution in [1.82, 2.24) is 0 Å². The van der Waals surface area contributed by atoms with E-state index in [9.17, 15) is 9.59 Å². The summed E-state index contributed by atoms with van der Waals surface area (Å²) in [6.45, 7) is 0.268. The Morgan fingerprint density at radius 3 is 2.46 bits per heavy atom. The second-order valence-electron chi connectivity index (χ2n) is 7.68. The molecule has 5 rings (SSSR count). The van der Waals surface area contributed by atoms with E-state index in [1.54, 1.807) is 42.5 Å². The normalized spacial score (nSPS) is 11.1. The van der Waals surface area contributed by atoms with Gasteiger partial charge in [0.15, 0.2) is 11.3 Å². The van der Waals surface area contributed by atoms with Crippen LogP contribution in [0.4, 0.5) is 0 Å². The van der Waals surface area contributed by atoms with E-state index in [0.29, 0.717) is 38.4 Å². The SMILES string of the molecule is COc1ccc2c(-c3cc4ccc(OCc5ccccc5Cl)cc4oc3=O)cc(=O)oc2c1OC. The van der Waals surface area contributed by atoms with E-state index >= 15 is 0 Å². The van der Waals surface area contributed by atoms with Crippen LogP contribution in [0.1, 0.15) is 5.56 Å². The van der Waals surface area contributed by atoms with Crippen molar-refractivity contribution >= 4 is 33.5 Å². The molecule has 5 aromatic rings. The van der Waals surface area contributed by atoms with E-state index in [-0.39, 0.29) is 23.5 Å². The topological polar surface area (TPSA) is 88.1 Å². The summed E-state index contributed by atoms with van der Waals surface area (Å²) in [5, 5.41) is 1.78. The van der Waals surface area contributed by atoms with Gasteiger partial charge in [-0.3, -0.25) is 0 Å². The van der Waals surface area contributed by atoms with Crippen LogP contribution in [0.5, 0.6) is 17.2 Å². The second-order valence-corrected chi connectivity index (χ2v) is 8.09. The van der Waals surface area contributed by atoms with Gasteiger partial charge in [0.25, 0.3) is 0 Å². The van der Waals surface area contributed by atoms with E-state index in [1.165, 1.54) is 20.3 Å². The maximum absolute atomic E-state index is 13.0. The molecule has 0 atom stereocenters. The molecule has 0 saturated heterocycles. The van der Waals surface area contributed by atoms with Gasteiger partial charge in [0.1, 0.15) is 17.9 Å². The Morgan fingerprint density at radius 2 is 1.69 bits per heavy atom. The molecule has 176 valence electrons.